The molecule has 0 radical (unpaired) electrons. The van der Waals surface area contributed by atoms with Gasteiger partial charge in [-0.25, -0.2) is 0 Å². The summed E-state index contributed by atoms with van der Waals surface area (Å²) in [5, 5.41) is 0. The van der Waals surface area contributed by atoms with Crippen molar-refractivity contribution in [2.75, 3.05) is 33.4 Å². The second-order valence-electron chi connectivity index (χ2n) is 7.51. The Labute approximate surface area is 121 Å². The van der Waals surface area contributed by atoms with E-state index in [4.69, 9.17) is 4.74 Å². The van der Waals surface area contributed by atoms with Crippen LogP contribution in [-0.4, -0.2) is 38.3 Å². The SMILES string of the molecule is CC(C)CCCCOCCCCN(C)CC(C)(C)C. The highest BCUT2D eigenvalue weighted by Gasteiger charge is 2.12. The van der Waals surface area contributed by atoms with E-state index in [1.54, 1.807) is 0 Å². The molecular formula is C17H37NO. The van der Waals surface area contributed by atoms with Crippen LogP contribution >= 0.6 is 0 Å². The van der Waals surface area contributed by atoms with Crippen LogP contribution in [0.25, 0.3) is 0 Å². The number of hydrogen-bond donors (Lipinski definition) is 0. The van der Waals surface area contributed by atoms with E-state index in [0.29, 0.717) is 5.41 Å². The summed E-state index contributed by atoms with van der Waals surface area (Å²) in [6, 6.07) is 0. The average molecular weight is 271 g/mol. The fourth-order valence-corrected chi connectivity index (χ4v) is 2.33. The summed E-state index contributed by atoms with van der Waals surface area (Å²) < 4.78 is 5.68. The van der Waals surface area contributed by atoms with Gasteiger partial charge in [0.15, 0.2) is 0 Å². The molecule has 2 heteroatoms. The summed E-state index contributed by atoms with van der Waals surface area (Å²) in [6.07, 6.45) is 6.31. The van der Waals surface area contributed by atoms with E-state index in [1.165, 1.54) is 45.2 Å². The van der Waals surface area contributed by atoms with Crippen LogP contribution in [0.3, 0.4) is 0 Å². The molecule has 0 aliphatic carbocycles. The van der Waals surface area contributed by atoms with E-state index < -0.39 is 0 Å². The molecule has 0 saturated carbocycles. The van der Waals surface area contributed by atoms with Gasteiger partial charge < -0.3 is 9.64 Å². The minimum Gasteiger partial charge on any atom is -0.381 e. The Morgan fingerprint density at radius 2 is 1.53 bits per heavy atom. The Kier molecular flexibility index (Phi) is 10.6. The molecule has 0 heterocycles. The van der Waals surface area contributed by atoms with E-state index in [0.717, 1.165) is 19.1 Å². The van der Waals surface area contributed by atoms with Crippen LogP contribution in [0.1, 0.15) is 66.7 Å². The van der Waals surface area contributed by atoms with Gasteiger partial charge in [0.2, 0.25) is 0 Å². The molecule has 0 atom stereocenters. The maximum absolute atomic E-state index is 5.68. The fourth-order valence-electron chi connectivity index (χ4n) is 2.33. The second kappa shape index (κ2) is 10.7. The summed E-state index contributed by atoms with van der Waals surface area (Å²) in [5.41, 5.74) is 0.404. The highest BCUT2D eigenvalue weighted by atomic mass is 16.5. The standard InChI is InChI=1S/C17H37NO/c1-16(2)11-7-9-13-19-14-10-8-12-18(6)15-17(3,4)5/h16H,7-15H2,1-6H3. The van der Waals surface area contributed by atoms with Crippen LogP contribution in [0.5, 0.6) is 0 Å². The van der Waals surface area contributed by atoms with Gasteiger partial charge in [0.05, 0.1) is 0 Å². The molecule has 0 aromatic carbocycles. The molecule has 2 nitrogen and oxygen atoms in total. The Balaban J connectivity index is 3.23. The van der Waals surface area contributed by atoms with Gasteiger partial charge in [-0.3, -0.25) is 0 Å². The van der Waals surface area contributed by atoms with Gasteiger partial charge in [0.1, 0.15) is 0 Å². The third-order valence-electron chi connectivity index (χ3n) is 3.14. The van der Waals surface area contributed by atoms with Crippen molar-refractivity contribution in [2.45, 2.75) is 66.7 Å². The first kappa shape index (κ1) is 18.9. The molecule has 116 valence electrons. The van der Waals surface area contributed by atoms with Crippen molar-refractivity contribution in [1.82, 2.24) is 4.90 Å². The molecule has 19 heavy (non-hydrogen) atoms. The maximum Gasteiger partial charge on any atom is 0.0466 e. The third-order valence-corrected chi connectivity index (χ3v) is 3.14. The van der Waals surface area contributed by atoms with Gasteiger partial charge in [0, 0.05) is 19.8 Å². The van der Waals surface area contributed by atoms with Crippen molar-refractivity contribution in [2.24, 2.45) is 11.3 Å². The van der Waals surface area contributed by atoms with Crippen molar-refractivity contribution in [3.05, 3.63) is 0 Å². The van der Waals surface area contributed by atoms with Crippen LogP contribution in [0.4, 0.5) is 0 Å². The summed E-state index contributed by atoms with van der Waals surface area (Å²) >= 11 is 0. The zero-order valence-electron chi connectivity index (χ0n) is 14.3. The van der Waals surface area contributed by atoms with E-state index in [-0.39, 0.29) is 0 Å². The zero-order valence-corrected chi connectivity index (χ0v) is 14.3. The Morgan fingerprint density at radius 3 is 2.05 bits per heavy atom. The largest absolute Gasteiger partial charge is 0.381 e. The molecule has 0 unspecified atom stereocenters. The summed E-state index contributed by atoms with van der Waals surface area (Å²) in [6.45, 7) is 15.7. The number of hydrogen-bond acceptors (Lipinski definition) is 2. The summed E-state index contributed by atoms with van der Waals surface area (Å²) in [4.78, 5) is 2.43. The normalized spacial score (nSPS) is 12.6. The van der Waals surface area contributed by atoms with Crippen LogP contribution < -0.4 is 0 Å². The summed E-state index contributed by atoms with van der Waals surface area (Å²) in [5.74, 6) is 0.832. The van der Waals surface area contributed by atoms with Crippen LogP contribution in [0.2, 0.25) is 0 Å². The fraction of sp³-hybridized carbons (Fsp3) is 1.00. The number of unbranched alkanes of at least 4 members (excludes halogenated alkanes) is 2. The van der Waals surface area contributed by atoms with Crippen molar-refractivity contribution >= 4 is 0 Å². The lowest BCUT2D eigenvalue weighted by Gasteiger charge is -2.26. The molecule has 0 N–H and O–H groups in total. The van der Waals surface area contributed by atoms with E-state index in [9.17, 15) is 0 Å². The van der Waals surface area contributed by atoms with Gasteiger partial charge >= 0.3 is 0 Å². The Hall–Kier alpha value is -0.0800. The first-order chi connectivity index (χ1) is 8.81. The van der Waals surface area contributed by atoms with Gasteiger partial charge in [-0.2, -0.15) is 0 Å². The Bertz CT molecular complexity index is 196. The lowest BCUT2D eigenvalue weighted by molar-refractivity contribution is 0.122. The van der Waals surface area contributed by atoms with E-state index in [1.807, 2.05) is 0 Å². The third kappa shape index (κ3) is 15.9. The predicted molar refractivity (Wildman–Crippen MR) is 85.7 cm³/mol. The molecule has 0 aromatic heterocycles. The minimum atomic E-state index is 0.404. The lowest BCUT2D eigenvalue weighted by Crippen LogP contribution is -2.30. The quantitative estimate of drug-likeness (QED) is 0.510. The first-order valence-electron chi connectivity index (χ1n) is 8.07. The highest BCUT2D eigenvalue weighted by molar-refractivity contribution is 4.66. The zero-order chi connectivity index (χ0) is 14.7. The molecule has 0 fully saturated rings. The molecule has 0 saturated heterocycles. The van der Waals surface area contributed by atoms with Crippen LogP contribution in [0.15, 0.2) is 0 Å². The molecule has 0 aromatic rings. The molecule has 0 aliphatic heterocycles. The predicted octanol–water partition coefficient (Wildman–Crippen LogP) is 4.59. The molecular weight excluding hydrogens is 234 g/mol. The first-order valence-corrected chi connectivity index (χ1v) is 8.07. The Morgan fingerprint density at radius 1 is 0.947 bits per heavy atom. The van der Waals surface area contributed by atoms with Gasteiger partial charge in [0.25, 0.3) is 0 Å². The smallest absolute Gasteiger partial charge is 0.0466 e. The van der Waals surface area contributed by atoms with Crippen molar-refractivity contribution < 1.29 is 4.74 Å². The highest BCUT2D eigenvalue weighted by Crippen LogP contribution is 2.14. The van der Waals surface area contributed by atoms with Gasteiger partial charge in [-0.1, -0.05) is 47.5 Å². The van der Waals surface area contributed by atoms with E-state index >= 15 is 0 Å². The van der Waals surface area contributed by atoms with Crippen molar-refractivity contribution in [3.63, 3.8) is 0 Å². The lowest BCUT2D eigenvalue weighted by atomic mass is 9.96. The number of rotatable bonds is 11. The maximum atomic E-state index is 5.68. The molecule has 0 rings (SSSR count). The van der Waals surface area contributed by atoms with Crippen LogP contribution in [0, 0.1) is 11.3 Å². The minimum absolute atomic E-state index is 0.404. The monoisotopic (exact) mass is 271 g/mol. The summed E-state index contributed by atoms with van der Waals surface area (Å²) in [7, 11) is 2.22. The van der Waals surface area contributed by atoms with Crippen LogP contribution in [-0.2, 0) is 4.74 Å². The topological polar surface area (TPSA) is 12.5 Å². The van der Waals surface area contributed by atoms with Gasteiger partial charge in [-0.05, 0) is 44.2 Å². The molecule has 0 bridgehead atoms. The van der Waals surface area contributed by atoms with E-state index in [2.05, 4.69) is 46.6 Å². The number of ether oxygens (including phenoxy) is 1. The van der Waals surface area contributed by atoms with Crippen molar-refractivity contribution in [1.29, 1.82) is 0 Å². The molecule has 0 amide bonds. The second-order valence-corrected chi connectivity index (χ2v) is 7.51. The van der Waals surface area contributed by atoms with Crippen molar-refractivity contribution in [3.8, 4) is 0 Å². The molecule has 0 spiro atoms. The number of nitrogens with zero attached hydrogens (tertiary/aromatic N) is 1. The molecule has 0 aliphatic rings. The average Bonchev–Trinajstić information content (AvgIpc) is 2.24. The van der Waals surface area contributed by atoms with Gasteiger partial charge in [-0.15, -0.1) is 0 Å².